The van der Waals surface area contributed by atoms with Crippen molar-refractivity contribution in [3.63, 3.8) is 0 Å². The fourth-order valence-corrected chi connectivity index (χ4v) is 1.21. The molecule has 0 atom stereocenters. The molecule has 1 rings (SSSR count). The van der Waals surface area contributed by atoms with E-state index in [1.165, 1.54) is 0 Å². The number of aryl methyl sites for hydroxylation is 1. The maximum atomic E-state index is 8.84. The lowest BCUT2D eigenvalue weighted by Crippen LogP contribution is -1.99. The van der Waals surface area contributed by atoms with Crippen LogP contribution in [0.2, 0.25) is 0 Å². The molecule has 3 nitrogen and oxygen atoms in total. The van der Waals surface area contributed by atoms with E-state index < -0.39 is 0 Å². The molecule has 0 radical (unpaired) electrons. The largest absolute Gasteiger partial charge is 0.398 e. The van der Waals surface area contributed by atoms with Crippen molar-refractivity contribution in [1.29, 1.82) is 10.5 Å². The Morgan fingerprint density at radius 1 is 1.38 bits per heavy atom. The van der Waals surface area contributed by atoms with Gasteiger partial charge in [0.05, 0.1) is 24.1 Å². The first-order valence-electron chi connectivity index (χ1n) is 3.85. The van der Waals surface area contributed by atoms with Gasteiger partial charge in [0.15, 0.2) is 0 Å². The molecule has 0 fully saturated rings. The van der Waals surface area contributed by atoms with Crippen LogP contribution >= 0.6 is 0 Å². The molecule has 1 aromatic carbocycles. The molecule has 0 heterocycles. The van der Waals surface area contributed by atoms with E-state index in [4.69, 9.17) is 16.3 Å². The average Bonchev–Trinajstić information content (AvgIpc) is 2.12. The topological polar surface area (TPSA) is 73.6 Å². The molecular weight excluding hydrogens is 162 g/mol. The lowest BCUT2D eigenvalue weighted by Gasteiger charge is -2.05. The summed E-state index contributed by atoms with van der Waals surface area (Å²) >= 11 is 0. The zero-order valence-corrected chi connectivity index (χ0v) is 7.33. The van der Waals surface area contributed by atoms with Crippen molar-refractivity contribution in [2.45, 2.75) is 13.3 Å². The summed E-state index contributed by atoms with van der Waals surface area (Å²) in [6.07, 6.45) is 0.191. The van der Waals surface area contributed by atoms with Crippen LogP contribution in [0.1, 0.15) is 16.7 Å². The van der Waals surface area contributed by atoms with E-state index in [1.54, 1.807) is 12.1 Å². The van der Waals surface area contributed by atoms with E-state index in [9.17, 15) is 0 Å². The van der Waals surface area contributed by atoms with Gasteiger partial charge in [0.2, 0.25) is 0 Å². The van der Waals surface area contributed by atoms with Gasteiger partial charge < -0.3 is 5.73 Å². The van der Waals surface area contributed by atoms with Crippen LogP contribution in [0.4, 0.5) is 5.69 Å². The SMILES string of the molecule is Cc1ccc(N)c(CC#N)c1C#N. The highest BCUT2D eigenvalue weighted by Crippen LogP contribution is 2.20. The molecule has 2 N–H and O–H groups in total. The molecular formula is C10H9N3. The van der Waals surface area contributed by atoms with E-state index in [1.807, 2.05) is 13.0 Å². The van der Waals surface area contributed by atoms with Crippen molar-refractivity contribution in [2.24, 2.45) is 0 Å². The fraction of sp³-hybridized carbons (Fsp3) is 0.200. The average molecular weight is 171 g/mol. The molecule has 0 aromatic heterocycles. The number of nitriles is 2. The quantitative estimate of drug-likeness (QED) is 0.651. The van der Waals surface area contributed by atoms with E-state index in [0.717, 1.165) is 5.56 Å². The van der Waals surface area contributed by atoms with Crippen LogP contribution in [-0.4, -0.2) is 0 Å². The standard InChI is InChI=1S/C10H9N3/c1-7-2-3-10(13)8(4-5-11)9(7)6-12/h2-3H,4,13H2,1H3. The van der Waals surface area contributed by atoms with Crippen molar-refractivity contribution in [3.8, 4) is 12.1 Å². The van der Waals surface area contributed by atoms with Gasteiger partial charge in [0.1, 0.15) is 0 Å². The fourth-order valence-electron chi connectivity index (χ4n) is 1.21. The summed E-state index contributed by atoms with van der Waals surface area (Å²) in [5.41, 5.74) is 8.20. The van der Waals surface area contributed by atoms with Gasteiger partial charge in [-0.2, -0.15) is 10.5 Å². The Kier molecular flexibility index (Phi) is 2.52. The van der Waals surface area contributed by atoms with Crippen LogP contribution in [-0.2, 0) is 6.42 Å². The van der Waals surface area contributed by atoms with Crippen LogP contribution in [0.5, 0.6) is 0 Å². The van der Waals surface area contributed by atoms with Crippen molar-refractivity contribution < 1.29 is 0 Å². The molecule has 0 spiro atoms. The maximum Gasteiger partial charge on any atom is 0.0998 e. The second kappa shape index (κ2) is 3.60. The van der Waals surface area contributed by atoms with Gasteiger partial charge in [-0.05, 0) is 18.6 Å². The first kappa shape index (κ1) is 9.09. The van der Waals surface area contributed by atoms with Gasteiger partial charge in [-0.15, -0.1) is 0 Å². The zero-order chi connectivity index (χ0) is 9.84. The lowest BCUT2D eigenvalue weighted by atomic mass is 9.99. The number of nitrogen functional groups attached to an aromatic ring is 1. The van der Waals surface area contributed by atoms with Crippen LogP contribution in [0, 0.1) is 29.6 Å². The highest BCUT2D eigenvalue weighted by molar-refractivity contribution is 5.59. The Balaban J connectivity index is 3.39. The number of hydrogen-bond donors (Lipinski definition) is 1. The second-order valence-electron chi connectivity index (χ2n) is 2.77. The van der Waals surface area contributed by atoms with Crippen molar-refractivity contribution in [3.05, 3.63) is 28.8 Å². The molecule has 64 valence electrons. The molecule has 0 saturated heterocycles. The van der Waals surface area contributed by atoms with Crippen LogP contribution in [0.15, 0.2) is 12.1 Å². The second-order valence-corrected chi connectivity index (χ2v) is 2.77. The molecule has 0 bridgehead atoms. The predicted octanol–water partition coefficient (Wildman–Crippen LogP) is 1.51. The predicted molar refractivity (Wildman–Crippen MR) is 49.6 cm³/mol. The number of anilines is 1. The minimum absolute atomic E-state index is 0.191. The summed E-state index contributed by atoms with van der Waals surface area (Å²) < 4.78 is 0. The smallest absolute Gasteiger partial charge is 0.0998 e. The molecule has 0 amide bonds. The van der Waals surface area contributed by atoms with E-state index >= 15 is 0 Å². The zero-order valence-electron chi connectivity index (χ0n) is 7.33. The van der Waals surface area contributed by atoms with Crippen LogP contribution in [0.3, 0.4) is 0 Å². The maximum absolute atomic E-state index is 8.84. The first-order valence-corrected chi connectivity index (χ1v) is 3.85. The first-order chi connectivity index (χ1) is 6.20. The number of benzene rings is 1. The molecule has 1 aromatic rings. The number of hydrogen-bond acceptors (Lipinski definition) is 3. The molecule has 3 heteroatoms. The van der Waals surface area contributed by atoms with Crippen molar-refractivity contribution in [2.75, 3.05) is 5.73 Å². The van der Waals surface area contributed by atoms with Gasteiger partial charge in [-0.25, -0.2) is 0 Å². The summed E-state index contributed by atoms with van der Waals surface area (Å²) in [6, 6.07) is 7.57. The highest BCUT2D eigenvalue weighted by atomic mass is 14.6. The Morgan fingerprint density at radius 3 is 2.62 bits per heavy atom. The van der Waals surface area contributed by atoms with Gasteiger partial charge in [0, 0.05) is 11.3 Å². The Bertz CT molecular complexity index is 407. The van der Waals surface area contributed by atoms with E-state index in [0.29, 0.717) is 16.8 Å². The monoisotopic (exact) mass is 171 g/mol. The minimum atomic E-state index is 0.191. The normalized spacial score (nSPS) is 8.85. The highest BCUT2D eigenvalue weighted by Gasteiger charge is 2.07. The minimum Gasteiger partial charge on any atom is -0.398 e. The number of rotatable bonds is 1. The third-order valence-electron chi connectivity index (χ3n) is 1.93. The summed E-state index contributed by atoms with van der Waals surface area (Å²) in [5, 5.41) is 17.4. The summed E-state index contributed by atoms with van der Waals surface area (Å²) in [5.74, 6) is 0. The molecule has 0 aliphatic carbocycles. The lowest BCUT2D eigenvalue weighted by molar-refractivity contribution is 1.22. The summed E-state index contributed by atoms with van der Waals surface area (Å²) in [7, 11) is 0. The van der Waals surface area contributed by atoms with Gasteiger partial charge in [0.25, 0.3) is 0 Å². The van der Waals surface area contributed by atoms with Crippen LogP contribution < -0.4 is 5.73 Å². The van der Waals surface area contributed by atoms with Crippen LogP contribution in [0.25, 0.3) is 0 Å². The van der Waals surface area contributed by atoms with Gasteiger partial charge in [-0.1, -0.05) is 6.07 Å². The number of nitrogens with zero attached hydrogens (tertiary/aromatic N) is 2. The van der Waals surface area contributed by atoms with Gasteiger partial charge in [-0.3, -0.25) is 0 Å². The molecule has 0 saturated carbocycles. The van der Waals surface area contributed by atoms with E-state index in [2.05, 4.69) is 6.07 Å². The Labute approximate surface area is 77.0 Å². The van der Waals surface area contributed by atoms with E-state index in [-0.39, 0.29) is 6.42 Å². The molecule has 13 heavy (non-hydrogen) atoms. The third kappa shape index (κ3) is 1.60. The van der Waals surface area contributed by atoms with Crippen molar-refractivity contribution in [1.82, 2.24) is 0 Å². The molecule has 0 aliphatic rings. The Morgan fingerprint density at radius 2 is 2.08 bits per heavy atom. The summed E-state index contributed by atoms with van der Waals surface area (Å²) in [6.45, 7) is 1.83. The van der Waals surface area contributed by atoms with Gasteiger partial charge >= 0.3 is 0 Å². The van der Waals surface area contributed by atoms with Crippen molar-refractivity contribution >= 4 is 5.69 Å². The molecule has 0 unspecified atom stereocenters. The Hall–Kier alpha value is -2.00. The number of nitrogens with two attached hydrogens (primary N) is 1. The molecule has 0 aliphatic heterocycles. The summed E-state index contributed by atoms with van der Waals surface area (Å²) in [4.78, 5) is 0. The third-order valence-corrected chi connectivity index (χ3v) is 1.93.